The molecule has 0 aliphatic heterocycles. The van der Waals surface area contributed by atoms with Crippen LogP contribution in [-0.4, -0.2) is 38.0 Å². The third kappa shape index (κ3) is 3.36. The number of nitrogens with one attached hydrogen (secondary N) is 1. The van der Waals surface area contributed by atoms with Crippen LogP contribution in [0.25, 0.3) is 21.7 Å². The zero-order valence-corrected chi connectivity index (χ0v) is 15.4. The lowest BCUT2D eigenvalue weighted by Crippen LogP contribution is -2.28. The first-order chi connectivity index (χ1) is 13.0. The maximum atomic E-state index is 12.7. The molecule has 8 nitrogen and oxygen atoms in total. The van der Waals surface area contributed by atoms with E-state index >= 15 is 0 Å². The van der Waals surface area contributed by atoms with Crippen LogP contribution < -0.4 is 5.56 Å². The van der Waals surface area contributed by atoms with E-state index in [9.17, 15) is 9.59 Å². The lowest BCUT2D eigenvalue weighted by Gasteiger charge is -2.16. The molecule has 0 unspecified atom stereocenters. The van der Waals surface area contributed by atoms with E-state index in [0.29, 0.717) is 33.3 Å². The van der Waals surface area contributed by atoms with Crippen LogP contribution >= 0.6 is 11.3 Å². The number of nitrogens with zero attached hydrogens (tertiary/aromatic N) is 4. The van der Waals surface area contributed by atoms with Crippen LogP contribution in [0, 0.1) is 6.92 Å². The maximum Gasteiger partial charge on any atom is 0.268 e. The number of rotatable bonds is 4. The molecule has 0 aliphatic rings. The van der Waals surface area contributed by atoms with Crippen LogP contribution in [-0.2, 0) is 6.54 Å². The molecule has 9 heteroatoms. The number of aromatic amines is 1. The average Bonchev–Trinajstić information content (AvgIpc) is 3.30. The Morgan fingerprint density at radius 2 is 2.00 bits per heavy atom. The largest absolute Gasteiger partial charge is 0.334 e. The predicted octanol–water partition coefficient (Wildman–Crippen LogP) is 2.62. The van der Waals surface area contributed by atoms with Gasteiger partial charge in [-0.1, -0.05) is 5.16 Å². The summed E-state index contributed by atoms with van der Waals surface area (Å²) in [6, 6.07) is 8.70. The summed E-state index contributed by atoms with van der Waals surface area (Å²) < 4.78 is 5.70. The summed E-state index contributed by atoms with van der Waals surface area (Å²) in [5, 5.41) is 5.57. The molecule has 3 heterocycles. The van der Waals surface area contributed by atoms with Crippen molar-refractivity contribution in [3.63, 3.8) is 0 Å². The molecular formula is C18H15N5O3S. The number of carbonyl (C=O) groups is 1. The lowest BCUT2D eigenvalue weighted by atomic mass is 10.1. The summed E-state index contributed by atoms with van der Waals surface area (Å²) in [6.45, 7) is 1.94. The summed E-state index contributed by atoms with van der Waals surface area (Å²) in [7, 11) is 1.66. The van der Waals surface area contributed by atoms with Crippen LogP contribution in [0.4, 0.5) is 0 Å². The molecular weight excluding hydrogens is 366 g/mol. The number of thiophene rings is 1. The van der Waals surface area contributed by atoms with Crippen molar-refractivity contribution < 1.29 is 9.32 Å². The highest BCUT2D eigenvalue weighted by atomic mass is 32.1. The van der Waals surface area contributed by atoms with E-state index in [1.807, 2.05) is 5.38 Å². The Hall–Kier alpha value is -3.33. The average molecular weight is 381 g/mol. The Kier molecular flexibility index (Phi) is 4.28. The fraction of sp³-hybridized carbons (Fsp3) is 0.167. The van der Waals surface area contributed by atoms with E-state index in [2.05, 4.69) is 20.1 Å². The smallest absolute Gasteiger partial charge is 0.268 e. The number of aryl methyl sites for hydroxylation is 1. The number of H-pyrrole nitrogens is 1. The van der Waals surface area contributed by atoms with Gasteiger partial charge in [0.15, 0.2) is 5.82 Å². The molecule has 1 aromatic carbocycles. The molecule has 0 aliphatic carbocycles. The second-order valence-electron chi connectivity index (χ2n) is 6.03. The van der Waals surface area contributed by atoms with Crippen LogP contribution in [0.5, 0.6) is 0 Å². The quantitative estimate of drug-likeness (QED) is 0.583. The van der Waals surface area contributed by atoms with Crippen LogP contribution in [0.1, 0.15) is 22.0 Å². The van der Waals surface area contributed by atoms with Crippen LogP contribution in [0.15, 0.2) is 45.0 Å². The summed E-state index contributed by atoms with van der Waals surface area (Å²) in [6.07, 6.45) is 0. The highest BCUT2D eigenvalue weighted by Crippen LogP contribution is 2.19. The minimum absolute atomic E-state index is 0.184. The summed E-state index contributed by atoms with van der Waals surface area (Å²) in [5.74, 6) is 1.22. The monoisotopic (exact) mass is 381 g/mol. The van der Waals surface area contributed by atoms with Crippen molar-refractivity contribution in [3.05, 3.63) is 63.3 Å². The van der Waals surface area contributed by atoms with Crippen molar-refractivity contribution in [3.8, 4) is 11.5 Å². The fourth-order valence-corrected chi connectivity index (χ4v) is 3.41. The molecule has 136 valence electrons. The van der Waals surface area contributed by atoms with Crippen molar-refractivity contribution in [2.75, 3.05) is 7.05 Å². The van der Waals surface area contributed by atoms with E-state index in [1.165, 1.54) is 16.2 Å². The number of fused-ring (bicyclic) bond motifs is 1. The lowest BCUT2D eigenvalue weighted by molar-refractivity contribution is 0.0781. The van der Waals surface area contributed by atoms with E-state index in [0.717, 1.165) is 5.56 Å². The van der Waals surface area contributed by atoms with Gasteiger partial charge < -0.3 is 14.4 Å². The first kappa shape index (κ1) is 17.1. The number of aromatic nitrogens is 4. The Labute approximate surface area is 157 Å². The Bertz CT molecular complexity index is 1180. The molecule has 0 saturated heterocycles. The molecule has 0 atom stereocenters. The zero-order valence-electron chi connectivity index (χ0n) is 14.6. The first-order valence-electron chi connectivity index (χ1n) is 8.14. The third-order valence-corrected chi connectivity index (χ3v) is 4.91. The second kappa shape index (κ2) is 6.76. The SMILES string of the molecule is Cc1noc(-c2ccc(C(=O)N(C)Cc3nc4ccsc4c(=O)[nH]3)cc2)n1. The molecule has 4 aromatic rings. The van der Waals surface area contributed by atoms with E-state index < -0.39 is 0 Å². The topological polar surface area (TPSA) is 105 Å². The molecule has 0 saturated carbocycles. The van der Waals surface area contributed by atoms with Gasteiger partial charge in [0.25, 0.3) is 17.4 Å². The van der Waals surface area contributed by atoms with Gasteiger partial charge in [-0.05, 0) is 42.6 Å². The van der Waals surface area contributed by atoms with Gasteiger partial charge in [-0.2, -0.15) is 4.98 Å². The summed E-state index contributed by atoms with van der Waals surface area (Å²) >= 11 is 1.34. The highest BCUT2D eigenvalue weighted by molar-refractivity contribution is 7.17. The van der Waals surface area contributed by atoms with E-state index in [4.69, 9.17) is 4.52 Å². The number of amides is 1. The van der Waals surface area contributed by atoms with Gasteiger partial charge in [-0.25, -0.2) is 4.98 Å². The van der Waals surface area contributed by atoms with Crippen LogP contribution in [0.2, 0.25) is 0 Å². The van der Waals surface area contributed by atoms with Gasteiger partial charge in [0.2, 0.25) is 0 Å². The molecule has 0 radical (unpaired) electrons. The second-order valence-corrected chi connectivity index (χ2v) is 6.95. The maximum absolute atomic E-state index is 12.7. The molecule has 27 heavy (non-hydrogen) atoms. The fourth-order valence-electron chi connectivity index (χ4n) is 2.68. The standard InChI is InChI=1S/C18H15N5O3S/c1-10-19-17(26-22-10)11-3-5-12(6-4-11)18(25)23(2)9-14-20-13-7-8-27-15(13)16(24)21-14/h3-8H,9H2,1-2H3,(H,20,21,24). The van der Waals surface area contributed by atoms with Crippen molar-refractivity contribution in [2.45, 2.75) is 13.5 Å². The molecule has 0 spiro atoms. The van der Waals surface area contributed by atoms with E-state index in [1.54, 1.807) is 44.3 Å². The molecule has 3 aromatic heterocycles. The van der Waals surface area contributed by atoms with Gasteiger partial charge in [0, 0.05) is 18.2 Å². The van der Waals surface area contributed by atoms with Crippen LogP contribution in [0.3, 0.4) is 0 Å². The van der Waals surface area contributed by atoms with Crippen molar-refractivity contribution in [2.24, 2.45) is 0 Å². The molecule has 4 rings (SSSR count). The number of benzene rings is 1. The zero-order chi connectivity index (χ0) is 19.0. The van der Waals surface area contributed by atoms with Gasteiger partial charge in [-0.3, -0.25) is 9.59 Å². The molecule has 1 amide bonds. The van der Waals surface area contributed by atoms with Crippen molar-refractivity contribution >= 4 is 27.5 Å². The third-order valence-electron chi connectivity index (χ3n) is 4.00. The minimum Gasteiger partial charge on any atom is -0.334 e. The Morgan fingerprint density at radius 1 is 1.22 bits per heavy atom. The van der Waals surface area contributed by atoms with Crippen molar-refractivity contribution in [1.82, 2.24) is 25.0 Å². The van der Waals surface area contributed by atoms with Gasteiger partial charge >= 0.3 is 0 Å². The summed E-state index contributed by atoms with van der Waals surface area (Å²) in [5.41, 5.74) is 1.70. The first-order valence-corrected chi connectivity index (χ1v) is 9.02. The number of hydrogen-bond donors (Lipinski definition) is 1. The Morgan fingerprint density at radius 3 is 2.70 bits per heavy atom. The highest BCUT2D eigenvalue weighted by Gasteiger charge is 2.15. The Balaban J connectivity index is 1.52. The van der Waals surface area contributed by atoms with Gasteiger partial charge in [-0.15, -0.1) is 11.3 Å². The summed E-state index contributed by atoms with van der Waals surface area (Å²) in [4.78, 5) is 37.5. The van der Waals surface area contributed by atoms with E-state index in [-0.39, 0.29) is 18.0 Å². The predicted molar refractivity (Wildman–Crippen MR) is 101 cm³/mol. The molecule has 1 N–H and O–H groups in total. The van der Waals surface area contributed by atoms with Gasteiger partial charge in [0.05, 0.1) is 12.1 Å². The normalized spacial score (nSPS) is 11.0. The molecule has 0 bridgehead atoms. The number of hydrogen-bond acceptors (Lipinski definition) is 7. The molecule has 0 fully saturated rings. The minimum atomic E-state index is -0.190. The number of carbonyl (C=O) groups excluding carboxylic acids is 1. The van der Waals surface area contributed by atoms with Gasteiger partial charge in [0.1, 0.15) is 10.5 Å². The van der Waals surface area contributed by atoms with Crippen molar-refractivity contribution in [1.29, 1.82) is 0 Å².